The van der Waals surface area contributed by atoms with Crippen LogP contribution in [0.25, 0.3) is 0 Å². The molecule has 1 aliphatic rings. The number of benzene rings is 2. The minimum absolute atomic E-state index is 0.0911. The molecule has 2 amide bonds. The number of nitrogens with zero attached hydrogens (tertiary/aromatic N) is 3. The van der Waals surface area contributed by atoms with Gasteiger partial charge in [-0.1, -0.05) is 57.9 Å². The van der Waals surface area contributed by atoms with Gasteiger partial charge in [0.05, 0.1) is 0 Å². The summed E-state index contributed by atoms with van der Waals surface area (Å²) in [5.41, 5.74) is 4.00. The summed E-state index contributed by atoms with van der Waals surface area (Å²) in [6.45, 7) is 4.27. The zero-order chi connectivity index (χ0) is 21.1. The number of hydrogen-bond donors (Lipinski definition) is 1. The third kappa shape index (κ3) is 4.62. The molecule has 2 aromatic carbocycles. The van der Waals surface area contributed by atoms with Crippen LogP contribution in [0.15, 0.2) is 59.1 Å². The largest absolute Gasteiger partial charge is 0.347 e. The SMILES string of the molecule is Cc1ccc(CN2CCCn3nc(C(=O)NCc4cccc(Br)c4)cc3C2=O)cc1. The molecule has 0 atom stereocenters. The van der Waals surface area contributed by atoms with Crippen molar-refractivity contribution in [3.8, 4) is 0 Å². The molecule has 0 bridgehead atoms. The van der Waals surface area contributed by atoms with E-state index in [1.54, 1.807) is 10.7 Å². The van der Waals surface area contributed by atoms with Crippen molar-refractivity contribution in [2.75, 3.05) is 6.54 Å². The molecule has 0 unspecified atom stereocenters. The van der Waals surface area contributed by atoms with Crippen LogP contribution >= 0.6 is 15.9 Å². The zero-order valence-corrected chi connectivity index (χ0v) is 18.4. The predicted molar refractivity (Wildman–Crippen MR) is 118 cm³/mol. The summed E-state index contributed by atoms with van der Waals surface area (Å²) in [4.78, 5) is 27.5. The Kier molecular flexibility index (Phi) is 5.99. The molecule has 30 heavy (non-hydrogen) atoms. The van der Waals surface area contributed by atoms with Gasteiger partial charge in [0.2, 0.25) is 0 Å². The van der Waals surface area contributed by atoms with E-state index in [9.17, 15) is 9.59 Å². The molecule has 6 nitrogen and oxygen atoms in total. The maximum atomic E-state index is 13.1. The first-order valence-electron chi connectivity index (χ1n) is 9.95. The lowest BCUT2D eigenvalue weighted by molar-refractivity contribution is 0.0745. The van der Waals surface area contributed by atoms with Gasteiger partial charge in [0.1, 0.15) is 5.69 Å². The lowest BCUT2D eigenvalue weighted by Crippen LogP contribution is -2.30. The van der Waals surface area contributed by atoms with Gasteiger partial charge in [0.15, 0.2) is 5.69 Å². The molecule has 1 N–H and O–H groups in total. The fourth-order valence-electron chi connectivity index (χ4n) is 3.53. The first-order valence-corrected chi connectivity index (χ1v) is 10.7. The maximum absolute atomic E-state index is 13.1. The van der Waals surface area contributed by atoms with Gasteiger partial charge >= 0.3 is 0 Å². The zero-order valence-electron chi connectivity index (χ0n) is 16.8. The van der Waals surface area contributed by atoms with E-state index in [4.69, 9.17) is 0 Å². The van der Waals surface area contributed by atoms with Crippen LogP contribution in [0.3, 0.4) is 0 Å². The molecular weight excluding hydrogens is 444 g/mol. The van der Waals surface area contributed by atoms with Crippen LogP contribution in [0.4, 0.5) is 0 Å². The number of hydrogen-bond acceptors (Lipinski definition) is 3. The number of aromatic nitrogens is 2. The number of carbonyl (C=O) groups excluding carboxylic acids is 2. The van der Waals surface area contributed by atoms with E-state index in [0.29, 0.717) is 31.9 Å². The van der Waals surface area contributed by atoms with Crippen LogP contribution in [-0.2, 0) is 19.6 Å². The molecule has 0 radical (unpaired) electrons. The molecule has 1 aliphatic heterocycles. The quantitative estimate of drug-likeness (QED) is 0.619. The second kappa shape index (κ2) is 8.83. The first kappa shape index (κ1) is 20.3. The van der Waals surface area contributed by atoms with E-state index in [0.717, 1.165) is 22.0 Å². The molecule has 0 aliphatic carbocycles. The summed E-state index contributed by atoms with van der Waals surface area (Å²) in [7, 11) is 0. The number of amides is 2. The molecule has 0 saturated heterocycles. The summed E-state index contributed by atoms with van der Waals surface area (Å²) >= 11 is 3.43. The molecule has 1 aromatic heterocycles. The maximum Gasteiger partial charge on any atom is 0.272 e. The van der Waals surface area contributed by atoms with Crippen molar-refractivity contribution < 1.29 is 9.59 Å². The Bertz CT molecular complexity index is 1080. The average molecular weight is 467 g/mol. The minimum Gasteiger partial charge on any atom is -0.347 e. The Morgan fingerprint density at radius 1 is 1.10 bits per heavy atom. The number of aryl methyl sites for hydroxylation is 2. The molecular formula is C23H23BrN4O2. The average Bonchev–Trinajstić information content (AvgIpc) is 3.11. The second-order valence-corrected chi connectivity index (χ2v) is 8.43. The summed E-state index contributed by atoms with van der Waals surface area (Å²) in [5, 5.41) is 7.27. The third-order valence-corrected chi connectivity index (χ3v) is 5.65. The topological polar surface area (TPSA) is 67.2 Å². The fourth-order valence-corrected chi connectivity index (χ4v) is 3.98. The Morgan fingerprint density at radius 3 is 2.67 bits per heavy atom. The molecule has 4 rings (SSSR count). The lowest BCUT2D eigenvalue weighted by atomic mass is 10.1. The molecule has 154 valence electrons. The van der Waals surface area contributed by atoms with Crippen molar-refractivity contribution in [1.82, 2.24) is 20.0 Å². The Hall–Kier alpha value is -2.93. The minimum atomic E-state index is -0.284. The van der Waals surface area contributed by atoms with Gasteiger partial charge in [-0.15, -0.1) is 0 Å². The van der Waals surface area contributed by atoms with Crippen LogP contribution in [0, 0.1) is 6.92 Å². The van der Waals surface area contributed by atoms with Gasteiger partial charge < -0.3 is 10.2 Å². The third-order valence-electron chi connectivity index (χ3n) is 5.15. The number of halogens is 1. The van der Waals surface area contributed by atoms with Gasteiger partial charge in [0, 0.05) is 36.7 Å². The van der Waals surface area contributed by atoms with E-state index < -0.39 is 0 Å². The fraction of sp³-hybridized carbons (Fsp3) is 0.261. The van der Waals surface area contributed by atoms with E-state index in [-0.39, 0.29) is 17.5 Å². The molecule has 2 heterocycles. The van der Waals surface area contributed by atoms with Gasteiger partial charge in [-0.3, -0.25) is 14.3 Å². The van der Waals surface area contributed by atoms with Crippen LogP contribution < -0.4 is 5.32 Å². The van der Waals surface area contributed by atoms with Gasteiger partial charge in [0.25, 0.3) is 11.8 Å². The van der Waals surface area contributed by atoms with Gasteiger partial charge in [-0.25, -0.2) is 0 Å². The van der Waals surface area contributed by atoms with Crippen LogP contribution in [0.5, 0.6) is 0 Å². The number of carbonyl (C=O) groups is 2. The molecule has 3 aromatic rings. The van der Waals surface area contributed by atoms with Crippen molar-refractivity contribution in [3.05, 3.63) is 87.1 Å². The Balaban J connectivity index is 1.46. The predicted octanol–water partition coefficient (Wildman–Crippen LogP) is 3.93. The molecule has 0 spiro atoms. The van der Waals surface area contributed by atoms with Crippen molar-refractivity contribution in [2.24, 2.45) is 0 Å². The molecule has 7 heteroatoms. The Labute approximate surface area is 184 Å². The summed E-state index contributed by atoms with van der Waals surface area (Å²) in [5.74, 6) is -0.375. The van der Waals surface area contributed by atoms with Crippen LogP contribution in [0.2, 0.25) is 0 Å². The number of fused-ring (bicyclic) bond motifs is 1. The van der Waals surface area contributed by atoms with Gasteiger partial charge in [-0.05, 0) is 36.6 Å². The molecule has 0 saturated carbocycles. The number of rotatable bonds is 5. The van der Waals surface area contributed by atoms with Crippen LogP contribution in [0.1, 0.15) is 44.1 Å². The second-order valence-electron chi connectivity index (χ2n) is 7.52. The summed E-state index contributed by atoms with van der Waals surface area (Å²) in [6, 6.07) is 17.6. The standard InChI is InChI=1S/C23H23BrN4O2/c1-16-6-8-17(9-7-16)15-27-10-3-11-28-21(23(27)30)13-20(26-28)22(29)25-14-18-4-2-5-19(24)12-18/h2,4-9,12-13H,3,10-11,14-15H2,1H3,(H,25,29). The number of nitrogens with one attached hydrogen (secondary N) is 1. The highest BCUT2D eigenvalue weighted by Crippen LogP contribution is 2.17. The van der Waals surface area contributed by atoms with Gasteiger partial charge in [-0.2, -0.15) is 5.10 Å². The highest BCUT2D eigenvalue weighted by molar-refractivity contribution is 9.10. The molecule has 0 fully saturated rings. The van der Waals surface area contributed by atoms with Crippen LogP contribution in [-0.4, -0.2) is 33.0 Å². The Morgan fingerprint density at radius 2 is 1.90 bits per heavy atom. The van der Waals surface area contributed by atoms with E-state index in [1.165, 1.54) is 5.56 Å². The lowest BCUT2D eigenvalue weighted by Gasteiger charge is -2.20. The van der Waals surface area contributed by atoms with E-state index in [1.807, 2.05) is 48.2 Å². The smallest absolute Gasteiger partial charge is 0.272 e. The first-order chi connectivity index (χ1) is 14.5. The van der Waals surface area contributed by atoms with E-state index in [2.05, 4.69) is 38.5 Å². The van der Waals surface area contributed by atoms with Crippen molar-refractivity contribution >= 4 is 27.7 Å². The van der Waals surface area contributed by atoms with Crippen molar-refractivity contribution in [1.29, 1.82) is 0 Å². The summed E-state index contributed by atoms with van der Waals surface area (Å²) in [6.07, 6.45) is 0.797. The monoisotopic (exact) mass is 466 g/mol. The van der Waals surface area contributed by atoms with Crippen molar-refractivity contribution in [3.63, 3.8) is 0 Å². The highest BCUT2D eigenvalue weighted by Gasteiger charge is 2.26. The normalized spacial score (nSPS) is 13.7. The van der Waals surface area contributed by atoms with Crippen molar-refractivity contribution in [2.45, 2.75) is 33.0 Å². The highest BCUT2D eigenvalue weighted by atomic mass is 79.9. The summed E-state index contributed by atoms with van der Waals surface area (Å²) < 4.78 is 2.62. The van der Waals surface area contributed by atoms with E-state index >= 15 is 0 Å².